The van der Waals surface area contributed by atoms with Crippen LogP contribution in [0.15, 0.2) is 49.1 Å². The number of hydrogen-bond donors (Lipinski definition) is 10. The number of allylic oxidation sites excluding steroid dienone is 1. The van der Waals surface area contributed by atoms with Crippen molar-refractivity contribution >= 4 is 53.2 Å². The molecule has 13 N–H and O–H groups in total. The van der Waals surface area contributed by atoms with Crippen LogP contribution in [0.3, 0.4) is 0 Å². The van der Waals surface area contributed by atoms with Gasteiger partial charge in [-0.15, -0.1) is 0 Å². The maximum atomic E-state index is 11.7. The SMILES string of the molecule is C=CC(=C)C[C@H](NC(=O)CNC(=O)CSCC(C)C(N)=O)C(N)=O.Cc1ccc(OCC(=O)O)cc1.NCCCCCC(=O)NCCCCCCCCCCC(=O)O.OCO. The zero-order valence-corrected chi connectivity index (χ0v) is 36.8. The molecule has 2 atom stereocenters. The van der Waals surface area contributed by atoms with E-state index in [1.807, 2.05) is 19.1 Å². The number of carboxylic acids is 2. The number of primary amides is 2. The summed E-state index contributed by atoms with van der Waals surface area (Å²) in [6.45, 7) is 11.0. The topological polar surface area (TPSA) is 324 Å². The van der Waals surface area contributed by atoms with E-state index in [4.69, 9.17) is 42.4 Å². The molecular formula is C42H72N6O12S. The molecule has 0 aliphatic rings. The number of amides is 5. The minimum atomic E-state index is -0.962. The van der Waals surface area contributed by atoms with Crippen LogP contribution < -0.4 is 37.9 Å². The van der Waals surface area contributed by atoms with E-state index in [1.165, 1.54) is 37.1 Å². The van der Waals surface area contributed by atoms with E-state index >= 15 is 0 Å². The molecule has 0 fully saturated rings. The van der Waals surface area contributed by atoms with Gasteiger partial charge in [0.15, 0.2) is 6.61 Å². The van der Waals surface area contributed by atoms with E-state index in [-0.39, 0.29) is 43.1 Å². The Morgan fingerprint density at radius 3 is 1.82 bits per heavy atom. The van der Waals surface area contributed by atoms with E-state index in [2.05, 4.69) is 29.1 Å². The monoisotopic (exact) mass is 884 g/mol. The Morgan fingerprint density at radius 2 is 1.31 bits per heavy atom. The number of nitrogens with one attached hydrogen (secondary N) is 3. The molecule has 0 bridgehead atoms. The van der Waals surface area contributed by atoms with Gasteiger partial charge in [-0.05, 0) is 51.3 Å². The summed E-state index contributed by atoms with van der Waals surface area (Å²) in [5.74, 6) is -2.76. The van der Waals surface area contributed by atoms with Crippen LogP contribution in [0.1, 0.15) is 102 Å². The second-order valence-corrected chi connectivity index (χ2v) is 14.8. The van der Waals surface area contributed by atoms with Crippen LogP contribution in [0, 0.1) is 12.8 Å². The van der Waals surface area contributed by atoms with Crippen LogP contribution in [-0.4, -0.2) is 112 Å². The van der Waals surface area contributed by atoms with E-state index in [0.29, 0.717) is 36.5 Å². The number of nitrogens with two attached hydrogens (primary N) is 3. The highest BCUT2D eigenvalue weighted by Gasteiger charge is 2.19. The lowest BCUT2D eigenvalue weighted by molar-refractivity contribution is -0.139. The number of carbonyl (C=O) groups excluding carboxylic acids is 5. The van der Waals surface area contributed by atoms with E-state index in [9.17, 15) is 33.6 Å². The summed E-state index contributed by atoms with van der Waals surface area (Å²) in [6.07, 6.45) is 14.3. The Labute approximate surface area is 364 Å². The number of thioether (sulfide) groups is 1. The number of aliphatic hydroxyl groups excluding tert-OH is 1. The zero-order chi connectivity index (χ0) is 46.8. The predicted octanol–water partition coefficient (Wildman–Crippen LogP) is 2.66. The Hall–Kier alpha value is -4.98. The van der Waals surface area contributed by atoms with Crippen LogP contribution >= 0.6 is 11.8 Å². The minimum Gasteiger partial charge on any atom is -0.482 e. The van der Waals surface area contributed by atoms with E-state index in [1.54, 1.807) is 19.1 Å². The van der Waals surface area contributed by atoms with Gasteiger partial charge in [-0.3, -0.25) is 28.8 Å². The molecule has 0 aliphatic carbocycles. The zero-order valence-electron chi connectivity index (χ0n) is 36.0. The highest BCUT2D eigenvalue weighted by atomic mass is 32.2. The Balaban J connectivity index is -0.000000835. The van der Waals surface area contributed by atoms with Crippen LogP contribution in [0.5, 0.6) is 5.75 Å². The molecule has 5 amide bonds. The normalized spacial score (nSPS) is 10.9. The summed E-state index contributed by atoms with van der Waals surface area (Å²) >= 11 is 1.24. The van der Waals surface area contributed by atoms with Gasteiger partial charge in [-0.2, -0.15) is 11.8 Å². The number of unbranched alkanes of at least 4 members (excludes halogenated alkanes) is 9. The van der Waals surface area contributed by atoms with Gasteiger partial charge in [0.25, 0.3) is 0 Å². The lowest BCUT2D eigenvalue weighted by Crippen LogP contribution is -2.48. The number of ether oxygens (including phenoxy) is 1. The molecule has 0 saturated heterocycles. The fraction of sp³-hybridized carbons (Fsp3) is 0.595. The van der Waals surface area contributed by atoms with Crippen molar-refractivity contribution in [2.24, 2.45) is 23.1 Å². The van der Waals surface area contributed by atoms with Gasteiger partial charge in [-0.1, -0.05) is 94.4 Å². The summed E-state index contributed by atoms with van der Waals surface area (Å²) < 4.78 is 4.92. The van der Waals surface area contributed by atoms with Crippen molar-refractivity contribution in [3.05, 3.63) is 54.6 Å². The van der Waals surface area contributed by atoms with Gasteiger partial charge in [0.1, 0.15) is 18.6 Å². The van der Waals surface area contributed by atoms with Crippen molar-refractivity contribution in [2.45, 2.75) is 110 Å². The van der Waals surface area contributed by atoms with Gasteiger partial charge in [-0.25, -0.2) is 4.79 Å². The number of carboxylic acid groups (broad SMARTS) is 2. The highest BCUT2D eigenvalue weighted by molar-refractivity contribution is 7.99. The second kappa shape index (κ2) is 41.7. The maximum absolute atomic E-state index is 11.7. The van der Waals surface area contributed by atoms with E-state index < -0.39 is 42.5 Å². The summed E-state index contributed by atoms with van der Waals surface area (Å²) in [7, 11) is 0. The molecule has 1 rings (SSSR count). The molecule has 0 spiro atoms. The summed E-state index contributed by atoms with van der Waals surface area (Å²) in [5.41, 5.74) is 17.4. The first kappa shape index (κ1) is 60.3. The standard InChI is InChI=1S/C17H34N2O3.C15H24N4O4S.C9H10O3.CH4O2/c18-14-10-7-8-12-16(20)19-15-11-6-4-2-1-3-5-9-13-17(21)22;1-4-9(2)5-11(15(17)23)19-12(20)6-18-13(21)8-24-7-10(3)14(16)22;1-7-2-4-8(5-3-7)12-6-9(10)11;2-1-3/h1-15,18H2,(H,19,20)(H,21,22);4,10-11H,1-2,5-8H2,3H3,(H2,16,22)(H2,17,23)(H,18,21)(H,19,20);2-5H,6H2,1H3,(H,10,11);2-3H,1H2/t;10?,11-;;/m.0../s1. The third-order valence-corrected chi connectivity index (χ3v) is 9.30. The number of benzene rings is 1. The Bertz CT molecular complexity index is 1420. The molecule has 0 radical (unpaired) electrons. The molecule has 0 heterocycles. The van der Waals surface area contributed by atoms with Crippen molar-refractivity contribution in [2.75, 3.05) is 44.5 Å². The smallest absolute Gasteiger partial charge is 0.341 e. The molecule has 61 heavy (non-hydrogen) atoms. The van der Waals surface area contributed by atoms with Crippen molar-refractivity contribution in [3.8, 4) is 5.75 Å². The fourth-order valence-electron chi connectivity index (χ4n) is 4.62. The van der Waals surface area contributed by atoms with Gasteiger partial charge >= 0.3 is 11.9 Å². The second-order valence-electron chi connectivity index (χ2n) is 13.7. The first-order valence-corrected chi connectivity index (χ1v) is 21.4. The summed E-state index contributed by atoms with van der Waals surface area (Å²) in [5, 5.41) is 38.9. The molecule has 1 aromatic rings. The largest absolute Gasteiger partial charge is 0.482 e. The van der Waals surface area contributed by atoms with Gasteiger partial charge in [0, 0.05) is 37.5 Å². The molecule has 0 aromatic heterocycles. The number of hydrogen-bond acceptors (Lipinski definition) is 12. The van der Waals surface area contributed by atoms with Crippen LogP contribution in [0.2, 0.25) is 0 Å². The molecule has 19 heteroatoms. The van der Waals surface area contributed by atoms with Gasteiger partial charge in [0.05, 0.1) is 12.3 Å². The number of rotatable bonds is 31. The Morgan fingerprint density at radius 1 is 0.770 bits per heavy atom. The molecule has 1 aromatic carbocycles. The quantitative estimate of drug-likeness (QED) is 0.0291. The third-order valence-electron chi connectivity index (χ3n) is 8.10. The van der Waals surface area contributed by atoms with Crippen molar-refractivity contribution < 1.29 is 58.7 Å². The molecule has 348 valence electrons. The predicted molar refractivity (Wildman–Crippen MR) is 237 cm³/mol. The van der Waals surface area contributed by atoms with Crippen molar-refractivity contribution in [1.29, 1.82) is 0 Å². The average molecular weight is 885 g/mol. The minimum absolute atomic E-state index is 0.0947. The summed E-state index contributed by atoms with van der Waals surface area (Å²) in [4.78, 5) is 77.4. The lowest BCUT2D eigenvalue weighted by atomic mass is 10.1. The van der Waals surface area contributed by atoms with Crippen molar-refractivity contribution in [1.82, 2.24) is 16.0 Å². The number of aryl methyl sites for hydroxylation is 1. The van der Waals surface area contributed by atoms with Gasteiger partial charge < -0.3 is 58.3 Å². The maximum Gasteiger partial charge on any atom is 0.341 e. The molecule has 1 unspecified atom stereocenters. The van der Waals surface area contributed by atoms with Crippen molar-refractivity contribution in [3.63, 3.8) is 0 Å². The van der Waals surface area contributed by atoms with E-state index in [0.717, 1.165) is 63.5 Å². The number of aliphatic hydroxyl groups is 2. The van der Waals surface area contributed by atoms with Crippen LogP contribution in [0.25, 0.3) is 0 Å². The van der Waals surface area contributed by atoms with Crippen LogP contribution in [-0.2, 0) is 33.6 Å². The fourth-order valence-corrected chi connectivity index (χ4v) is 5.54. The van der Waals surface area contributed by atoms with Crippen LogP contribution in [0.4, 0.5) is 0 Å². The molecular weight excluding hydrogens is 813 g/mol. The average Bonchev–Trinajstić information content (AvgIpc) is 3.20. The van der Waals surface area contributed by atoms with Gasteiger partial charge in [0.2, 0.25) is 29.5 Å². The molecule has 0 aliphatic heterocycles. The molecule has 18 nitrogen and oxygen atoms in total. The lowest BCUT2D eigenvalue weighted by Gasteiger charge is -2.15. The first-order valence-electron chi connectivity index (χ1n) is 20.3. The first-order chi connectivity index (χ1) is 28.9. The third kappa shape index (κ3) is 44.4. The Kier molecular flexibility index (Phi) is 41.3. The number of carbonyl (C=O) groups is 7. The molecule has 0 saturated carbocycles. The summed E-state index contributed by atoms with van der Waals surface area (Å²) in [6, 6.07) is 6.33. The number of aliphatic carboxylic acids is 2. The highest BCUT2D eigenvalue weighted by Crippen LogP contribution is 2.12.